The molecule has 0 amide bonds. The van der Waals surface area contributed by atoms with Crippen LogP contribution < -0.4 is 5.01 Å². The van der Waals surface area contributed by atoms with Crippen LogP contribution >= 0.6 is 0 Å². The molecule has 0 aliphatic rings. The number of halogens is 1. The largest absolute Gasteiger partial charge is 0.303 e. The van der Waals surface area contributed by atoms with Crippen LogP contribution in [-0.4, -0.2) is 9.66 Å². The van der Waals surface area contributed by atoms with Gasteiger partial charge in [0.1, 0.15) is 12.1 Å². The van der Waals surface area contributed by atoms with Gasteiger partial charge in [0.2, 0.25) is 0 Å². The van der Waals surface area contributed by atoms with E-state index < -0.39 is 0 Å². The summed E-state index contributed by atoms with van der Waals surface area (Å²) in [6.07, 6.45) is 5.46. The summed E-state index contributed by atoms with van der Waals surface area (Å²) in [6, 6.07) is 25.6. The first-order valence-electron chi connectivity index (χ1n) is 8.90. The predicted molar refractivity (Wildman–Crippen MR) is 106 cm³/mol. The number of hydrogen-bond acceptors (Lipinski definition) is 2. The molecule has 3 nitrogen and oxygen atoms in total. The Morgan fingerprint density at radius 1 is 0.741 bits per heavy atom. The van der Waals surface area contributed by atoms with Gasteiger partial charge in [-0.15, -0.1) is 0 Å². The van der Waals surface area contributed by atoms with Crippen molar-refractivity contribution in [3.8, 4) is 11.1 Å². The van der Waals surface area contributed by atoms with Crippen LogP contribution in [0.15, 0.2) is 97.6 Å². The van der Waals surface area contributed by atoms with Crippen molar-refractivity contribution in [2.45, 2.75) is 13.1 Å². The average Bonchev–Trinajstić information content (AvgIpc) is 3.25. The molecule has 0 unspecified atom stereocenters. The third-order valence-corrected chi connectivity index (χ3v) is 4.52. The van der Waals surface area contributed by atoms with Crippen LogP contribution in [0.3, 0.4) is 0 Å². The van der Waals surface area contributed by atoms with Gasteiger partial charge in [-0.05, 0) is 34.4 Å². The van der Waals surface area contributed by atoms with Crippen molar-refractivity contribution in [3.63, 3.8) is 0 Å². The topological polar surface area (TPSA) is 21.1 Å². The maximum Gasteiger partial charge on any atom is 0.123 e. The Kier molecular flexibility index (Phi) is 4.97. The average molecular weight is 357 g/mol. The van der Waals surface area contributed by atoms with Crippen molar-refractivity contribution in [2.75, 3.05) is 5.01 Å². The lowest BCUT2D eigenvalue weighted by Crippen LogP contribution is -2.32. The number of benzene rings is 3. The molecule has 0 radical (unpaired) electrons. The molecule has 27 heavy (non-hydrogen) atoms. The highest BCUT2D eigenvalue weighted by Crippen LogP contribution is 2.20. The summed E-state index contributed by atoms with van der Waals surface area (Å²) >= 11 is 0. The summed E-state index contributed by atoms with van der Waals surface area (Å²) in [5, 5.41) is 2.16. The predicted octanol–water partition coefficient (Wildman–Crippen LogP) is 5.03. The van der Waals surface area contributed by atoms with Crippen molar-refractivity contribution in [2.24, 2.45) is 0 Å². The minimum absolute atomic E-state index is 0.218. The van der Waals surface area contributed by atoms with E-state index in [-0.39, 0.29) is 5.82 Å². The first-order chi connectivity index (χ1) is 13.3. The van der Waals surface area contributed by atoms with E-state index >= 15 is 0 Å². The summed E-state index contributed by atoms with van der Waals surface area (Å²) in [5.74, 6) is -0.218. The van der Waals surface area contributed by atoms with Gasteiger partial charge in [-0.3, -0.25) is 4.68 Å². The quantitative estimate of drug-likeness (QED) is 0.483. The van der Waals surface area contributed by atoms with Gasteiger partial charge in [-0.25, -0.2) is 9.37 Å². The van der Waals surface area contributed by atoms with Crippen LogP contribution in [-0.2, 0) is 13.1 Å². The zero-order chi connectivity index (χ0) is 18.5. The van der Waals surface area contributed by atoms with E-state index in [0.717, 1.165) is 12.1 Å². The highest BCUT2D eigenvalue weighted by atomic mass is 19.1. The molecular weight excluding hydrogens is 337 g/mol. The Bertz CT molecular complexity index is 963. The molecule has 0 saturated carbocycles. The standard InChI is InChI=1S/C23H20FN3/c24-23-12-8-20(9-13-23)17-27(26-15-14-25-18-26)16-19-6-10-22(11-7-19)21-4-2-1-3-5-21/h1-15,18H,16-17H2. The molecule has 4 heteroatoms. The van der Waals surface area contributed by atoms with E-state index in [4.69, 9.17) is 0 Å². The lowest BCUT2D eigenvalue weighted by molar-refractivity contribution is 0.574. The Labute approximate surface area is 158 Å². The SMILES string of the molecule is Fc1ccc(CN(Cc2ccc(-c3ccccc3)cc2)n2ccnc2)cc1. The maximum atomic E-state index is 13.2. The Morgan fingerprint density at radius 3 is 1.93 bits per heavy atom. The van der Waals surface area contributed by atoms with E-state index in [1.54, 1.807) is 12.5 Å². The van der Waals surface area contributed by atoms with Crippen LogP contribution in [0.5, 0.6) is 0 Å². The lowest BCUT2D eigenvalue weighted by atomic mass is 10.0. The monoisotopic (exact) mass is 357 g/mol. The fourth-order valence-electron chi connectivity index (χ4n) is 3.08. The molecule has 0 aliphatic carbocycles. The molecule has 0 fully saturated rings. The van der Waals surface area contributed by atoms with Gasteiger partial charge in [0.15, 0.2) is 0 Å². The van der Waals surface area contributed by atoms with Gasteiger partial charge in [-0.1, -0.05) is 66.7 Å². The molecule has 1 aromatic heterocycles. The molecule has 0 atom stereocenters. The van der Waals surface area contributed by atoms with Crippen molar-refractivity contribution in [1.29, 1.82) is 0 Å². The molecule has 0 saturated heterocycles. The molecule has 0 N–H and O–H groups in total. The molecule has 0 spiro atoms. The van der Waals surface area contributed by atoms with Crippen LogP contribution in [0.1, 0.15) is 11.1 Å². The fourth-order valence-corrected chi connectivity index (χ4v) is 3.08. The van der Waals surface area contributed by atoms with E-state index in [0.29, 0.717) is 6.54 Å². The van der Waals surface area contributed by atoms with E-state index in [1.807, 2.05) is 41.2 Å². The maximum absolute atomic E-state index is 13.2. The highest BCUT2D eigenvalue weighted by Gasteiger charge is 2.08. The zero-order valence-corrected chi connectivity index (χ0v) is 14.9. The van der Waals surface area contributed by atoms with Crippen LogP contribution in [0.25, 0.3) is 11.1 Å². The number of rotatable bonds is 6. The third-order valence-electron chi connectivity index (χ3n) is 4.52. The fraction of sp³-hybridized carbons (Fsp3) is 0.0870. The minimum atomic E-state index is -0.218. The van der Waals surface area contributed by atoms with Gasteiger partial charge in [0.05, 0.1) is 13.1 Å². The van der Waals surface area contributed by atoms with Gasteiger partial charge >= 0.3 is 0 Å². The van der Waals surface area contributed by atoms with Crippen molar-refractivity contribution in [1.82, 2.24) is 9.66 Å². The molecule has 0 bridgehead atoms. The van der Waals surface area contributed by atoms with Gasteiger partial charge in [0, 0.05) is 12.4 Å². The van der Waals surface area contributed by atoms with Gasteiger partial charge in [0.25, 0.3) is 0 Å². The molecule has 134 valence electrons. The lowest BCUT2D eigenvalue weighted by Gasteiger charge is -2.26. The second-order valence-corrected chi connectivity index (χ2v) is 6.45. The third kappa shape index (κ3) is 4.23. The van der Waals surface area contributed by atoms with Crippen LogP contribution in [0.4, 0.5) is 4.39 Å². The second kappa shape index (κ2) is 7.87. The number of imidazole rings is 1. The van der Waals surface area contributed by atoms with E-state index in [1.165, 1.54) is 28.8 Å². The molecule has 4 aromatic rings. The van der Waals surface area contributed by atoms with Crippen LogP contribution in [0, 0.1) is 5.82 Å². The molecular formula is C23H20FN3. The summed E-state index contributed by atoms with van der Waals surface area (Å²) in [6.45, 7) is 1.39. The Hall–Kier alpha value is -3.40. The molecule has 3 aromatic carbocycles. The van der Waals surface area contributed by atoms with Crippen molar-refractivity contribution < 1.29 is 4.39 Å². The molecule has 0 aliphatic heterocycles. The Morgan fingerprint density at radius 2 is 1.33 bits per heavy atom. The van der Waals surface area contributed by atoms with Gasteiger partial charge < -0.3 is 5.01 Å². The minimum Gasteiger partial charge on any atom is -0.303 e. The second-order valence-electron chi connectivity index (χ2n) is 6.45. The molecule has 4 rings (SSSR count). The van der Waals surface area contributed by atoms with E-state index in [2.05, 4.69) is 46.4 Å². The Balaban J connectivity index is 1.54. The van der Waals surface area contributed by atoms with Crippen LogP contribution in [0.2, 0.25) is 0 Å². The zero-order valence-electron chi connectivity index (χ0n) is 14.9. The van der Waals surface area contributed by atoms with Crippen molar-refractivity contribution >= 4 is 0 Å². The first-order valence-corrected chi connectivity index (χ1v) is 8.90. The molecule has 1 heterocycles. The number of hydrogen-bond donors (Lipinski definition) is 0. The summed E-state index contributed by atoms with van der Waals surface area (Å²) in [4.78, 5) is 4.16. The number of aromatic nitrogens is 2. The van der Waals surface area contributed by atoms with Crippen molar-refractivity contribution in [3.05, 3.63) is 115 Å². The number of nitrogens with zero attached hydrogens (tertiary/aromatic N) is 3. The highest BCUT2D eigenvalue weighted by molar-refractivity contribution is 5.63. The smallest absolute Gasteiger partial charge is 0.123 e. The first kappa shape index (κ1) is 17.0. The summed E-state index contributed by atoms with van der Waals surface area (Å²) in [5.41, 5.74) is 4.66. The van der Waals surface area contributed by atoms with E-state index in [9.17, 15) is 4.39 Å². The van der Waals surface area contributed by atoms with Gasteiger partial charge in [-0.2, -0.15) is 0 Å². The summed E-state index contributed by atoms with van der Waals surface area (Å²) in [7, 11) is 0. The summed E-state index contributed by atoms with van der Waals surface area (Å²) < 4.78 is 15.2. The normalized spacial score (nSPS) is 10.7.